The van der Waals surface area contributed by atoms with Gasteiger partial charge < -0.3 is 19.4 Å². The van der Waals surface area contributed by atoms with E-state index in [4.69, 9.17) is 9.47 Å². The number of rotatable bonds is 5. The molecule has 0 atom stereocenters. The summed E-state index contributed by atoms with van der Waals surface area (Å²) in [6.07, 6.45) is 2.63. The first-order valence-corrected chi connectivity index (χ1v) is 9.77. The molecule has 29 heavy (non-hydrogen) atoms. The first-order valence-electron chi connectivity index (χ1n) is 9.77. The van der Waals surface area contributed by atoms with Gasteiger partial charge in [-0.25, -0.2) is 0 Å². The standard InChI is InChI=1S/C23H24N2O4/c1-28-20-13-17-12-16(23(27)24-18(17)14-21(20)29-2)9-10-22(26)25-11-5-7-15-6-3-4-8-19(15)25/h3-4,6,8,12-14H,5,7,9-11H2,1-2H3,(H,24,27). The lowest BCUT2D eigenvalue weighted by Gasteiger charge is -2.29. The minimum Gasteiger partial charge on any atom is -0.493 e. The largest absolute Gasteiger partial charge is 0.493 e. The monoisotopic (exact) mass is 392 g/mol. The highest BCUT2D eigenvalue weighted by molar-refractivity contribution is 5.94. The van der Waals surface area contributed by atoms with Crippen molar-refractivity contribution in [2.24, 2.45) is 0 Å². The van der Waals surface area contributed by atoms with Crippen LogP contribution in [0.15, 0.2) is 47.3 Å². The number of aromatic nitrogens is 1. The van der Waals surface area contributed by atoms with Crippen molar-refractivity contribution >= 4 is 22.5 Å². The van der Waals surface area contributed by atoms with Crippen molar-refractivity contribution in [3.05, 3.63) is 63.9 Å². The molecule has 0 spiro atoms. The number of benzene rings is 2. The van der Waals surface area contributed by atoms with Crippen LogP contribution in [0, 0.1) is 0 Å². The first kappa shape index (κ1) is 19.1. The normalized spacial score (nSPS) is 13.2. The number of amides is 1. The zero-order valence-electron chi connectivity index (χ0n) is 16.7. The van der Waals surface area contributed by atoms with E-state index in [9.17, 15) is 9.59 Å². The van der Waals surface area contributed by atoms with Gasteiger partial charge in [-0.2, -0.15) is 0 Å². The summed E-state index contributed by atoms with van der Waals surface area (Å²) in [6, 6.07) is 13.4. The van der Waals surface area contributed by atoms with Crippen molar-refractivity contribution in [3.8, 4) is 11.5 Å². The fraction of sp³-hybridized carbons (Fsp3) is 0.304. The average Bonchev–Trinajstić information content (AvgIpc) is 2.76. The molecule has 0 fully saturated rings. The topological polar surface area (TPSA) is 71.6 Å². The van der Waals surface area contributed by atoms with Gasteiger partial charge in [0.2, 0.25) is 5.91 Å². The van der Waals surface area contributed by atoms with Crippen LogP contribution in [-0.4, -0.2) is 31.7 Å². The van der Waals surface area contributed by atoms with Crippen molar-refractivity contribution in [2.45, 2.75) is 25.7 Å². The lowest BCUT2D eigenvalue weighted by atomic mass is 10.0. The molecule has 0 saturated carbocycles. The SMILES string of the molecule is COc1cc2cc(CCC(=O)N3CCCc4ccccc43)c(=O)[nH]c2cc1OC. The number of aromatic amines is 1. The molecular weight excluding hydrogens is 368 g/mol. The number of hydrogen-bond donors (Lipinski definition) is 1. The third kappa shape index (κ3) is 3.70. The number of nitrogens with one attached hydrogen (secondary N) is 1. The predicted octanol–water partition coefficient (Wildman–Crippen LogP) is 3.46. The van der Waals surface area contributed by atoms with Crippen molar-refractivity contribution in [2.75, 3.05) is 25.7 Å². The fourth-order valence-corrected chi connectivity index (χ4v) is 3.93. The zero-order valence-corrected chi connectivity index (χ0v) is 16.7. The van der Waals surface area contributed by atoms with E-state index in [1.54, 1.807) is 20.3 Å². The average molecular weight is 392 g/mol. The lowest BCUT2D eigenvalue weighted by molar-refractivity contribution is -0.118. The van der Waals surface area contributed by atoms with Gasteiger partial charge in [0.1, 0.15) is 0 Å². The van der Waals surface area contributed by atoms with Crippen LogP contribution in [0.2, 0.25) is 0 Å². The number of pyridine rings is 1. The molecule has 6 nitrogen and oxygen atoms in total. The van der Waals surface area contributed by atoms with Crippen LogP contribution < -0.4 is 19.9 Å². The molecule has 0 bridgehead atoms. The van der Waals surface area contributed by atoms with Crippen LogP contribution in [0.4, 0.5) is 5.69 Å². The van der Waals surface area contributed by atoms with Gasteiger partial charge in [-0.05, 0) is 43.0 Å². The van der Waals surface area contributed by atoms with Crippen LogP contribution in [0.5, 0.6) is 11.5 Å². The van der Waals surface area contributed by atoms with Gasteiger partial charge in [0.25, 0.3) is 5.56 Å². The summed E-state index contributed by atoms with van der Waals surface area (Å²) in [5.74, 6) is 1.20. The van der Waals surface area contributed by atoms with Crippen molar-refractivity contribution in [1.82, 2.24) is 4.98 Å². The summed E-state index contributed by atoms with van der Waals surface area (Å²) in [5.41, 5.74) is 3.28. The zero-order chi connectivity index (χ0) is 20.4. The summed E-state index contributed by atoms with van der Waals surface area (Å²) >= 11 is 0. The van der Waals surface area contributed by atoms with Crippen molar-refractivity contribution in [3.63, 3.8) is 0 Å². The Morgan fingerprint density at radius 3 is 2.66 bits per heavy atom. The second kappa shape index (κ2) is 7.99. The Balaban J connectivity index is 1.56. The molecule has 0 saturated heterocycles. The molecule has 1 N–H and O–H groups in total. The number of carbonyl (C=O) groups is 1. The molecular formula is C23H24N2O4. The maximum absolute atomic E-state index is 12.9. The van der Waals surface area contributed by atoms with E-state index in [1.807, 2.05) is 35.2 Å². The molecule has 3 aromatic rings. The number of anilines is 1. The fourth-order valence-electron chi connectivity index (χ4n) is 3.93. The summed E-state index contributed by atoms with van der Waals surface area (Å²) in [5, 5.41) is 0.841. The number of nitrogens with zero attached hydrogens (tertiary/aromatic N) is 1. The molecule has 0 aliphatic carbocycles. The van der Waals surface area contributed by atoms with Crippen LogP contribution in [0.25, 0.3) is 10.9 Å². The van der Waals surface area contributed by atoms with Crippen LogP contribution >= 0.6 is 0 Å². The summed E-state index contributed by atoms with van der Waals surface area (Å²) in [7, 11) is 3.13. The Labute approximate surface area is 169 Å². The Hall–Kier alpha value is -3.28. The van der Waals surface area contributed by atoms with Crippen LogP contribution in [-0.2, 0) is 17.6 Å². The molecule has 0 unspecified atom stereocenters. The molecule has 150 valence electrons. The van der Waals surface area contributed by atoms with Gasteiger partial charge in [-0.15, -0.1) is 0 Å². The Bertz CT molecular complexity index is 1120. The summed E-state index contributed by atoms with van der Waals surface area (Å²) < 4.78 is 10.6. The van der Waals surface area contributed by atoms with Crippen molar-refractivity contribution < 1.29 is 14.3 Å². The van der Waals surface area contributed by atoms with E-state index in [0.717, 1.165) is 30.5 Å². The van der Waals surface area contributed by atoms with Gasteiger partial charge >= 0.3 is 0 Å². The number of H-pyrrole nitrogens is 1. The molecule has 0 radical (unpaired) electrons. The molecule has 2 heterocycles. The van der Waals surface area contributed by atoms with Gasteiger partial charge in [0, 0.05) is 35.7 Å². The quantitative estimate of drug-likeness (QED) is 0.722. The van der Waals surface area contributed by atoms with Crippen LogP contribution in [0.3, 0.4) is 0 Å². The highest BCUT2D eigenvalue weighted by Gasteiger charge is 2.22. The summed E-state index contributed by atoms with van der Waals surface area (Å²) in [6.45, 7) is 0.723. The molecule has 1 aromatic heterocycles. The highest BCUT2D eigenvalue weighted by Crippen LogP contribution is 2.31. The van der Waals surface area contributed by atoms with E-state index in [1.165, 1.54) is 5.56 Å². The molecule has 4 rings (SSSR count). The second-order valence-electron chi connectivity index (χ2n) is 7.20. The minimum absolute atomic E-state index is 0.0453. The number of aryl methyl sites for hydroxylation is 2. The van der Waals surface area contributed by atoms with Gasteiger partial charge in [-0.3, -0.25) is 9.59 Å². The van der Waals surface area contributed by atoms with E-state index in [-0.39, 0.29) is 17.9 Å². The number of para-hydroxylation sites is 1. The maximum atomic E-state index is 12.9. The Morgan fingerprint density at radius 2 is 1.86 bits per heavy atom. The highest BCUT2D eigenvalue weighted by atomic mass is 16.5. The Morgan fingerprint density at radius 1 is 1.10 bits per heavy atom. The number of fused-ring (bicyclic) bond motifs is 2. The van der Waals surface area contributed by atoms with E-state index >= 15 is 0 Å². The van der Waals surface area contributed by atoms with Gasteiger partial charge in [-0.1, -0.05) is 18.2 Å². The maximum Gasteiger partial charge on any atom is 0.251 e. The third-order valence-corrected chi connectivity index (χ3v) is 5.44. The van der Waals surface area contributed by atoms with E-state index in [2.05, 4.69) is 11.1 Å². The van der Waals surface area contributed by atoms with E-state index < -0.39 is 0 Å². The number of ether oxygens (including phenoxy) is 2. The number of hydrogen-bond acceptors (Lipinski definition) is 4. The first-order chi connectivity index (χ1) is 14.1. The second-order valence-corrected chi connectivity index (χ2v) is 7.20. The van der Waals surface area contributed by atoms with E-state index in [0.29, 0.717) is 29.0 Å². The molecule has 2 aromatic carbocycles. The van der Waals surface area contributed by atoms with Gasteiger partial charge in [0.15, 0.2) is 11.5 Å². The lowest BCUT2D eigenvalue weighted by Crippen LogP contribution is -2.35. The molecule has 1 amide bonds. The smallest absolute Gasteiger partial charge is 0.251 e. The summed E-state index contributed by atoms with van der Waals surface area (Å²) in [4.78, 5) is 30.1. The predicted molar refractivity (Wildman–Crippen MR) is 113 cm³/mol. The number of methoxy groups -OCH3 is 2. The third-order valence-electron chi connectivity index (χ3n) is 5.44. The molecule has 1 aliphatic heterocycles. The number of carbonyl (C=O) groups excluding carboxylic acids is 1. The van der Waals surface area contributed by atoms with Crippen LogP contribution in [0.1, 0.15) is 24.0 Å². The molecule has 6 heteroatoms. The minimum atomic E-state index is -0.184. The Kier molecular flexibility index (Phi) is 5.25. The van der Waals surface area contributed by atoms with Crippen molar-refractivity contribution in [1.29, 1.82) is 0 Å². The molecule has 1 aliphatic rings. The van der Waals surface area contributed by atoms with Gasteiger partial charge in [0.05, 0.1) is 19.7 Å².